The predicted octanol–water partition coefficient (Wildman–Crippen LogP) is 4.69. The zero-order chi connectivity index (χ0) is 18.4. The van der Waals surface area contributed by atoms with Gasteiger partial charge in [-0.25, -0.2) is 0 Å². The third-order valence-corrected chi connectivity index (χ3v) is 3.32. The van der Waals surface area contributed by atoms with Gasteiger partial charge in [-0.3, -0.25) is 4.79 Å². The fourth-order valence-corrected chi connectivity index (χ4v) is 2.07. The van der Waals surface area contributed by atoms with Crippen molar-refractivity contribution in [1.29, 1.82) is 0 Å². The van der Waals surface area contributed by atoms with E-state index in [0.29, 0.717) is 17.9 Å². The molecule has 0 saturated carbocycles. The topological polar surface area (TPSA) is 47.6 Å². The maximum atomic E-state index is 12.3. The summed E-state index contributed by atoms with van der Waals surface area (Å²) in [5.41, 5.74) is 1.43. The van der Waals surface area contributed by atoms with E-state index in [2.05, 4.69) is 10.1 Å². The van der Waals surface area contributed by atoms with Crippen LogP contribution in [0.5, 0.6) is 11.5 Å². The number of hydrogen-bond acceptors (Lipinski definition) is 3. The summed E-state index contributed by atoms with van der Waals surface area (Å²) in [5.74, 6) is -0.164. The van der Waals surface area contributed by atoms with E-state index in [-0.39, 0.29) is 11.7 Å². The quantitative estimate of drug-likeness (QED) is 0.820. The van der Waals surface area contributed by atoms with Crippen molar-refractivity contribution in [3.05, 3.63) is 54.1 Å². The van der Waals surface area contributed by atoms with Crippen molar-refractivity contribution in [3.63, 3.8) is 0 Å². The molecule has 2 aromatic carbocycles. The van der Waals surface area contributed by atoms with Crippen molar-refractivity contribution >= 4 is 11.6 Å². The van der Waals surface area contributed by atoms with Gasteiger partial charge in [0.1, 0.15) is 11.5 Å². The fraction of sp³-hybridized carbons (Fsp3) is 0.278. The lowest BCUT2D eigenvalue weighted by Gasteiger charge is -2.17. The number of ether oxygens (including phenoxy) is 2. The molecule has 1 N–H and O–H groups in total. The third kappa shape index (κ3) is 6.02. The molecule has 0 aliphatic carbocycles. The highest BCUT2D eigenvalue weighted by molar-refractivity contribution is 5.94. The monoisotopic (exact) mass is 353 g/mol. The number of carbonyl (C=O) groups is 1. The molecule has 0 saturated heterocycles. The highest BCUT2D eigenvalue weighted by Gasteiger charge is 2.31. The lowest BCUT2D eigenvalue weighted by atomic mass is 10.2. The standard InChI is InChI=1S/C18H18F3NO3/c1-3-16(24-14-8-4-12(2)5-9-14)17(23)22-13-6-10-15(11-7-13)25-18(19,20)21/h4-11,16H,3H2,1-2H3,(H,22,23)/t16-/m0/s1. The zero-order valence-corrected chi connectivity index (χ0v) is 13.8. The van der Waals surface area contributed by atoms with Crippen molar-refractivity contribution in [2.75, 3.05) is 5.32 Å². The van der Waals surface area contributed by atoms with Crippen LogP contribution < -0.4 is 14.8 Å². The van der Waals surface area contributed by atoms with Crippen LogP contribution in [0, 0.1) is 6.92 Å². The Hall–Kier alpha value is -2.70. The number of amides is 1. The highest BCUT2D eigenvalue weighted by Crippen LogP contribution is 2.24. The number of carbonyl (C=O) groups excluding carboxylic acids is 1. The molecule has 0 bridgehead atoms. The van der Waals surface area contributed by atoms with Crippen LogP contribution in [0.1, 0.15) is 18.9 Å². The number of halogens is 3. The van der Waals surface area contributed by atoms with Crippen LogP contribution in [0.4, 0.5) is 18.9 Å². The first-order valence-corrected chi connectivity index (χ1v) is 7.67. The maximum Gasteiger partial charge on any atom is 0.573 e. The molecule has 4 nitrogen and oxygen atoms in total. The first-order valence-electron chi connectivity index (χ1n) is 7.67. The van der Waals surface area contributed by atoms with Crippen molar-refractivity contribution in [2.24, 2.45) is 0 Å². The van der Waals surface area contributed by atoms with E-state index in [4.69, 9.17) is 4.74 Å². The minimum absolute atomic E-state index is 0.352. The fourth-order valence-electron chi connectivity index (χ4n) is 2.07. The SMILES string of the molecule is CC[C@H](Oc1ccc(C)cc1)C(=O)Nc1ccc(OC(F)(F)F)cc1. The number of nitrogens with one attached hydrogen (secondary N) is 1. The Morgan fingerprint density at radius 3 is 2.12 bits per heavy atom. The van der Waals surface area contributed by atoms with Crippen LogP contribution in [-0.2, 0) is 4.79 Å². The van der Waals surface area contributed by atoms with Gasteiger partial charge in [-0.05, 0) is 49.7 Å². The van der Waals surface area contributed by atoms with Gasteiger partial charge >= 0.3 is 6.36 Å². The van der Waals surface area contributed by atoms with Gasteiger partial charge in [0.2, 0.25) is 0 Å². The first kappa shape index (κ1) is 18.6. The van der Waals surface area contributed by atoms with Crippen molar-refractivity contribution in [1.82, 2.24) is 0 Å². The van der Waals surface area contributed by atoms with Gasteiger partial charge in [-0.15, -0.1) is 13.2 Å². The van der Waals surface area contributed by atoms with Gasteiger partial charge in [0, 0.05) is 5.69 Å². The largest absolute Gasteiger partial charge is 0.573 e. The van der Waals surface area contributed by atoms with Crippen LogP contribution in [0.25, 0.3) is 0 Å². The Labute approximate surface area is 143 Å². The average molecular weight is 353 g/mol. The molecule has 25 heavy (non-hydrogen) atoms. The van der Waals surface area contributed by atoms with E-state index >= 15 is 0 Å². The molecule has 0 aliphatic heterocycles. The second kappa shape index (κ2) is 7.92. The molecular weight excluding hydrogens is 335 g/mol. The first-order chi connectivity index (χ1) is 11.8. The van der Waals surface area contributed by atoms with Crippen molar-refractivity contribution in [2.45, 2.75) is 32.7 Å². The number of benzene rings is 2. The number of anilines is 1. The number of rotatable bonds is 6. The van der Waals surface area contributed by atoms with Gasteiger partial charge in [-0.2, -0.15) is 0 Å². The van der Waals surface area contributed by atoms with Crippen molar-refractivity contribution in [3.8, 4) is 11.5 Å². The second-order valence-electron chi connectivity index (χ2n) is 5.39. The van der Waals surface area contributed by atoms with Gasteiger partial charge in [0.05, 0.1) is 0 Å². The van der Waals surface area contributed by atoms with E-state index in [1.54, 1.807) is 19.1 Å². The third-order valence-electron chi connectivity index (χ3n) is 3.32. The molecular formula is C18H18F3NO3. The Balaban J connectivity index is 1.97. The van der Waals surface area contributed by atoms with Gasteiger partial charge in [-0.1, -0.05) is 24.6 Å². The van der Waals surface area contributed by atoms with Gasteiger partial charge in [0.25, 0.3) is 5.91 Å². The Bertz CT molecular complexity index is 697. The lowest BCUT2D eigenvalue weighted by molar-refractivity contribution is -0.274. The number of alkyl halides is 3. The molecule has 0 aromatic heterocycles. The molecule has 134 valence electrons. The van der Waals surface area contributed by atoms with Crippen molar-refractivity contribution < 1.29 is 27.4 Å². The highest BCUT2D eigenvalue weighted by atomic mass is 19.4. The van der Waals surface area contributed by atoms with Crippen LogP contribution >= 0.6 is 0 Å². The summed E-state index contributed by atoms with van der Waals surface area (Å²) in [6.07, 6.45) is -5.02. The molecule has 0 spiro atoms. The molecule has 2 aromatic rings. The minimum Gasteiger partial charge on any atom is -0.481 e. The summed E-state index contributed by atoms with van der Waals surface area (Å²) in [4.78, 5) is 12.3. The van der Waals surface area contributed by atoms with Crippen LogP contribution in [0.3, 0.4) is 0 Å². The molecule has 1 atom stereocenters. The molecule has 7 heteroatoms. The molecule has 0 fully saturated rings. The number of aryl methyl sites for hydroxylation is 1. The van der Waals surface area contributed by atoms with E-state index < -0.39 is 12.5 Å². The summed E-state index contributed by atoms with van der Waals surface area (Å²) in [6, 6.07) is 12.2. The smallest absolute Gasteiger partial charge is 0.481 e. The van der Waals surface area contributed by atoms with E-state index in [1.165, 1.54) is 12.1 Å². The molecule has 1 amide bonds. The summed E-state index contributed by atoms with van der Waals surface area (Å²) >= 11 is 0. The average Bonchev–Trinajstić information content (AvgIpc) is 2.54. The van der Waals surface area contributed by atoms with Crippen LogP contribution in [0.15, 0.2) is 48.5 Å². The van der Waals surface area contributed by atoms with Gasteiger partial charge < -0.3 is 14.8 Å². The van der Waals surface area contributed by atoms with E-state index in [0.717, 1.165) is 17.7 Å². The summed E-state index contributed by atoms with van der Waals surface area (Å²) in [5, 5.41) is 2.61. The second-order valence-corrected chi connectivity index (χ2v) is 5.39. The molecule has 0 aliphatic rings. The molecule has 2 rings (SSSR count). The molecule has 0 radical (unpaired) electrons. The Morgan fingerprint density at radius 1 is 1.04 bits per heavy atom. The summed E-state index contributed by atoms with van der Waals surface area (Å²) in [7, 11) is 0. The van der Waals surface area contributed by atoms with Crippen LogP contribution in [0.2, 0.25) is 0 Å². The maximum absolute atomic E-state index is 12.3. The van der Waals surface area contributed by atoms with Crippen LogP contribution in [-0.4, -0.2) is 18.4 Å². The summed E-state index contributed by atoms with van der Waals surface area (Å²) in [6.45, 7) is 3.75. The minimum atomic E-state index is -4.75. The lowest BCUT2D eigenvalue weighted by Crippen LogP contribution is -2.32. The van der Waals surface area contributed by atoms with Gasteiger partial charge in [0.15, 0.2) is 6.10 Å². The van der Waals surface area contributed by atoms with E-state index in [1.807, 2.05) is 19.1 Å². The molecule has 0 heterocycles. The van der Waals surface area contributed by atoms with E-state index in [9.17, 15) is 18.0 Å². The normalized spacial score (nSPS) is 12.4. The predicted molar refractivity (Wildman–Crippen MR) is 87.6 cm³/mol. The molecule has 0 unspecified atom stereocenters. The Morgan fingerprint density at radius 2 is 1.60 bits per heavy atom. The number of hydrogen-bond donors (Lipinski definition) is 1. The Kier molecular flexibility index (Phi) is 5.90. The summed E-state index contributed by atoms with van der Waals surface area (Å²) < 4.78 is 45.8. The zero-order valence-electron chi connectivity index (χ0n) is 13.8.